The van der Waals surface area contributed by atoms with Crippen LogP contribution >= 0.6 is 0 Å². The van der Waals surface area contributed by atoms with Gasteiger partial charge in [-0.3, -0.25) is 4.79 Å². The van der Waals surface area contributed by atoms with E-state index in [1.807, 2.05) is 6.07 Å². The van der Waals surface area contributed by atoms with Gasteiger partial charge in [0.05, 0.1) is 18.8 Å². The van der Waals surface area contributed by atoms with Gasteiger partial charge in [-0.25, -0.2) is 0 Å². The second kappa shape index (κ2) is 7.36. The summed E-state index contributed by atoms with van der Waals surface area (Å²) in [7, 11) is 0. The summed E-state index contributed by atoms with van der Waals surface area (Å²) in [6.07, 6.45) is 9.18. The Morgan fingerprint density at radius 2 is 1.92 bits per heavy atom. The Labute approximate surface area is 150 Å². The molecule has 0 spiro atoms. The molecule has 0 aromatic heterocycles. The molecule has 0 saturated heterocycles. The molecule has 1 atom stereocenters. The van der Waals surface area contributed by atoms with Crippen molar-refractivity contribution in [3.63, 3.8) is 0 Å². The third kappa shape index (κ3) is 3.69. The number of ether oxygens (including phenoxy) is 1. The molecule has 4 heteroatoms. The number of hydrogen-bond acceptors (Lipinski definition) is 3. The minimum absolute atomic E-state index is 0.0186. The second-order valence-corrected chi connectivity index (χ2v) is 8.03. The number of benzene rings is 1. The van der Waals surface area contributed by atoms with Crippen LogP contribution in [-0.4, -0.2) is 23.7 Å². The summed E-state index contributed by atoms with van der Waals surface area (Å²) < 4.78 is 5.61. The van der Waals surface area contributed by atoms with E-state index in [1.165, 1.54) is 36.8 Å². The first-order valence-corrected chi connectivity index (χ1v) is 9.95. The van der Waals surface area contributed by atoms with E-state index in [-0.39, 0.29) is 24.0 Å². The van der Waals surface area contributed by atoms with Gasteiger partial charge in [-0.05, 0) is 54.9 Å². The first kappa shape index (κ1) is 16.9. The van der Waals surface area contributed by atoms with Crippen LogP contribution < -0.4 is 10.1 Å². The van der Waals surface area contributed by atoms with E-state index in [4.69, 9.17) is 4.74 Å². The van der Waals surface area contributed by atoms with E-state index in [0.29, 0.717) is 5.92 Å². The van der Waals surface area contributed by atoms with Crippen molar-refractivity contribution in [2.75, 3.05) is 6.61 Å². The Morgan fingerprint density at radius 3 is 2.64 bits per heavy atom. The van der Waals surface area contributed by atoms with Crippen LogP contribution in [0, 0.1) is 11.8 Å². The van der Waals surface area contributed by atoms with E-state index in [2.05, 4.69) is 17.4 Å². The maximum absolute atomic E-state index is 12.9. The van der Waals surface area contributed by atoms with Crippen LogP contribution in [0.1, 0.15) is 68.5 Å². The minimum Gasteiger partial charge on any atom is -0.493 e. The average molecular weight is 343 g/mol. The maximum atomic E-state index is 12.9. The highest BCUT2D eigenvalue weighted by atomic mass is 16.5. The lowest BCUT2D eigenvalue weighted by Crippen LogP contribution is -2.43. The Bertz CT molecular complexity index is 616. The molecular formula is C21H29NO3. The van der Waals surface area contributed by atoms with E-state index in [9.17, 15) is 9.90 Å². The van der Waals surface area contributed by atoms with Crippen LogP contribution in [0.4, 0.5) is 0 Å². The Hall–Kier alpha value is -1.55. The van der Waals surface area contributed by atoms with Gasteiger partial charge in [0.2, 0.25) is 5.91 Å². The highest BCUT2D eigenvalue weighted by Crippen LogP contribution is 2.40. The number of carbonyl (C=O) groups excluding carboxylic acids is 1. The zero-order valence-corrected chi connectivity index (χ0v) is 14.9. The molecule has 1 heterocycles. The quantitative estimate of drug-likeness (QED) is 0.823. The summed E-state index contributed by atoms with van der Waals surface area (Å²) in [5.41, 5.74) is 2.41. The summed E-state index contributed by atoms with van der Waals surface area (Å²) in [5, 5.41) is 13.1. The molecule has 4 rings (SSSR count). The first-order chi connectivity index (χ1) is 12.2. The van der Waals surface area contributed by atoms with Crippen molar-refractivity contribution < 1.29 is 14.6 Å². The van der Waals surface area contributed by atoms with Gasteiger partial charge in [0, 0.05) is 12.3 Å². The molecule has 0 radical (unpaired) electrons. The Morgan fingerprint density at radius 1 is 1.16 bits per heavy atom. The zero-order chi connectivity index (χ0) is 17.2. The van der Waals surface area contributed by atoms with Crippen molar-refractivity contribution in [2.24, 2.45) is 11.8 Å². The number of carbonyl (C=O) groups is 1. The molecule has 1 aliphatic heterocycles. The van der Waals surface area contributed by atoms with Crippen LogP contribution in [0.3, 0.4) is 0 Å². The molecule has 25 heavy (non-hydrogen) atoms. The number of nitrogens with one attached hydrogen (secondary N) is 1. The van der Waals surface area contributed by atoms with Crippen molar-refractivity contribution in [3.8, 4) is 5.75 Å². The molecule has 2 N–H and O–H groups in total. The number of amides is 1. The molecule has 1 aromatic carbocycles. The van der Waals surface area contributed by atoms with Crippen molar-refractivity contribution in [3.05, 3.63) is 29.3 Å². The number of aliphatic hydroxyl groups excluding tert-OH is 1. The first-order valence-electron chi connectivity index (χ1n) is 9.95. The van der Waals surface area contributed by atoms with E-state index < -0.39 is 0 Å². The van der Waals surface area contributed by atoms with E-state index >= 15 is 0 Å². The smallest absolute Gasteiger partial charge is 0.223 e. The Balaban J connectivity index is 1.51. The fourth-order valence-corrected chi connectivity index (χ4v) is 4.59. The van der Waals surface area contributed by atoms with Crippen LogP contribution in [0.15, 0.2) is 18.2 Å². The fourth-order valence-electron chi connectivity index (χ4n) is 4.59. The molecule has 2 aliphatic carbocycles. The summed E-state index contributed by atoms with van der Waals surface area (Å²) in [6.45, 7) is 0.750. The van der Waals surface area contributed by atoms with Crippen LogP contribution in [-0.2, 0) is 11.2 Å². The third-order valence-electron chi connectivity index (χ3n) is 6.22. The zero-order valence-electron chi connectivity index (χ0n) is 14.9. The SMILES string of the molecule is O=C(NC(c1ccc2c(c1)CCO2)C1CC(O)C1)C1CCCCCC1. The summed E-state index contributed by atoms with van der Waals surface area (Å²) in [4.78, 5) is 12.9. The maximum Gasteiger partial charge on any atom is 0.223 e. The normalized spacial score (nSPS) is 27.6. The van der Waals surface area contributed by atoms with Crippen molar-refractivity contribution in [2.45, 2.75) is 69.9 Å². The topological polar surface area (TPSA) is 58.6 Å². The van der Waals surface area contributed by atoms with Gasteiger partial charge in [-0.2, -0.15) is 0 Å². The lowest BCUT2D eigenvalue weighted by Gasteiger charge is -2.39. The molecule has 2 saturated carbocycles. The number of fused-ring (bicyclic) bond motifs is 1. The molecule has 1 amide bonds. The molecule has 1 aromatic rings. The molecule has 1 unspecified atom stereocenters. The van der Waals surface area contributed by atoms with Gasteiger partial charge >= 0.3 is 0 Å². The monoisotopic (exact) mass is 343 g/mol. The van der Waals surface area contributed by atoms with E-state index in [1.54, 1.807) is 0 Å². The lowest BCUT2D eigenvalue weighted by atomic mass is 9.74. The van der Waals surface area contributed by atoms with Crippen LogP contribution in [0.5, 0.6) is 5.75 Å². The number of hydrogen-bond donors (Lipinski definition) is 2. The minimum atomic E-state index is -0.208. The van der Waals surface area contributed by atoms with Gasteiger partial charge in [0.1, 0.15) is 5.75 Å². The molecule has 0 bridgehead atoms. The second-order valence-electron chi connectivity index (χ2n) is 8.03. The van der Waals surface area contributed by atoms with Gasteiger partial charge in [0.25, 0.3) is 0 Å². The summed E-state index contributed by atoms with van der Waals surface area (Å²) in [5.74, 6) is 1.69. The number of rotatable bonds is 4. The largest absolute Gasteiger partial charge is 0.493 e. The lowest BCUT2D eigenvalue weighted by molar-refractivity contribution is -0.127. The van der Waals surface area contributed by atoms with Crippen LogP contribution in [0.25, 0.3) is 0 Å². The van der Waals surface area contributed by atoms with Crippen LogP contribution in [0.2, 0.25) is 0 Å². The summed E-state index contributed by atoms with van der Waals surface area (Å²) >= 11 is 0. The van der Waals surface area contributed by atoms with E-state index in [0.717, 1.165) is 44.5 Å². The fraction of sp³-hybridized carbons (Fsp3) is 0.667. The molecular weight excluding hydrogens is 314 g/mol. The van der Waals surface area contributed by atoms with Gasteiger partial charge < -0.3 is 15.2 Å². The predicted octanol–water partition coefficient (Wildman–Crippen LogP) is 3.52. The van der Waals surface area contributed by atoms with Crippen molar-refractivity contribution in [1.82, 2.24) is 5.32 Å². The predicted molar refractivity (Wildman–Crippen MR) is 96.4 cm³/mol. The molecule has 2 fully saturated rings. The highest BCUT2D eigenvalue weighted by Gasteiger charge is 2.37. The van der Waals surface area contributed by atoms with Crippen molar-refractivity contribution >= 4 is 5.91 Å². The van der Waals surface area contributed by atoms with Gasteiger partial charge in [-0.1, -0.05) is 31.7 Å². The third-order valence-corrected chi connectivity index (χ3v) is 6.22. The molecule has 136 valence electrons. The number of aliphatic hydroxyl groups is 1. The average Bonchev–Trinajstić information content (AvgIpc) is 2.88. The summed E-state index contributed by atoms with van der Waals surface area (Å²) in [6, 6.07) is 6.35. The van der Waals surface area contributed by atoms with Gasteiger partial charge in [-0.15, -0.1) is 0 Å². The Kier molecular flexibility index (Phi) is 4.98. The molecule has 3 aliphatic rings. The molecule has 4 nitrogen and oxygen atoms in total. The van der Waals surface area contributed by atoms with Crippen molar-refractivity contribution in [1.29, 1.82) is 0 Å². The standard InChI is InChI=1S/C21H29NO3/c23-18-12-17(13-18)20(16-7-8-19-15(11-16)9-10-25-19)22-21(24)14-5-3-1-2-4-6-14/h7-8,11,14,17-18,20,23H,1-6,9-10,12-13H2,(H,22,24). The highest BCUT2D eigenvalue weighted by molar-refractivity contribution is 5.79. The van der Waals surface area contributed by atoms with Gasteiger partial charge in [0.15, 0.2) is 0 Å².